The molecular weight excluding hydrogens is 242 g/mol. The van der Waals surface area contributed by atoms with Crippen LogP contribution in [0.25, 0.3) is 0 Å². The summed E-state index contributed by atoms with van der Waals surface area (Å²) in [6.07, 6.45) is 0.629. The van der Waals surface area contributed by atoms with Crippen LogP contribution in [0.15, 0.2) is 18.2 Å². The molecule has 0 aliphatic rings. The van der Waals surface area contributed by atoms with Crippen molar-refractivity contribution in [3.63, 3.8) is 0 Å². The van der Waals surface area contributed by atoms with Crippen molar-refractivity contribution in [2.75, 3.05) is 24.7 Å². The Hall–Kier alpha value is -0.960. The van der Waals surface area contributed by atoms with E-state index in [0.717, 1.165) is 16.9 Å². The van der Waals surface area contributed by atoms with E-state index in [2.05, 4.69) is 25.7 Å². The van der Waals surface area contributed by atoms with Crippen LogP contribution in [0.1, 0.15) is 36.2 Å². The Morgan fingerprint density at radius 1 is 1.33 bits per heavy atom. The Morgan fingerprint density at radius 2 is 2.00 bits per heavy atom. The largest absolute Gasteiger partial charge is 0.377 e. The molecule has 100 valence electrons. The van der Waals surface area contributed by atoms with Crippen molar-refractivity contribution in [1.29, 1.82) is 0 Å². The van der Waals surface area contributed by atoms with Gasteiger partial charge in [0.15, 0.2) is 5.78 Å². The van der Waals surface area contributed by atoms with Gasteiger partial charge in [-0.1, -0.05) is 13.8 Å². The van der Waals surface area contributed by atoms with Gasteiger partial charge >= 0.3 is 0 Å². The summed E-state index contributed by atoms with van der Waals surface area (Å²) in [5.74, 6) is 1.15. The summed E-state index contributed by atoms with van der Waals surface area (Å²) in [6, 6.07) is 5.96. The highest BCUT2D eigenvalue weighted by Gasteiger charge is 2.09. The first-order valence-corrected chi connectivity index (χ1v) is 7.39. The number of hydrogen-bond acceptors (Lipinski definition) is 3. The number of aryl methyl sites for hydroxylation is 1. The molecule has 1 aromatic carbocycles. The minimum absolute atomic E-state index is 0.247. The van der Waals surface area contributed by atoms with Crippen molar-refractivity contribution in [2.45, 2.75) is 32.4 Å². The Kier molecular flexibility index (Phi) is 5.73. The third kappa shape index (κ3) is 4.37. The quantitative estimate of drug-likeness (QED) is 0.730. The molecule has 18 heavy (non-hydrogen) atoms. The molecule has 0 aromatic heterocycles. The van der Waals surface area contributed by atoms with E-state index in [1.807, 2.05) is 44.1 Å². The number of anilines is 1. The maximum atomic E-state index is 12.0. The maximum Gasteiger partial charge on any atom is 0.163 e. The van der Waals surface area contributed by atoms with Gasteiger partial charge in [-0.25, -0.2) is 0 Å². The first kappa shape index (κ1) is 15.1. The SMILES string of the molecule is Cc1cc(C(=O)CCSC(C)C)ccc1N(C)C. The van der Waals surface area contributed by atoms with Crippen LogP contribution in [0.2, 0.25) is 0 Å². The van der Waals surface area contributed by atoms with E-state index in [1.54, 1.807) is 0 Å². The van der Waals surface area contributed by atoms with Gasteiger partial charge in [-0.15, -0.1) is 0 Å². The molecule has 0 unspecified atom stereocenters. The van der Waals surface area contributed by atoms with E-state index in [0.29, 0.717) is 11.7 Å². The molecule has 0 amide bonds. The molecule has 0 atom stereocenters. The molecule has 3 heteroatoms. The van der Waals surface area contributed by atoms with E-state index in [1.165, 1.54) is 5.69 Å². The fraction of sp³-hybridized carbons (Fsp3) is 0.533. The molecule has 0 spiro atoms. The summed E-state index contributed by atoms with van der Waals surface area (Å²) in [7, 11) is 4.03. The second-order valence-corrected chi connectivity index (χ2v) is 6.67. The predicted molar refractivity (Wildman–Crippen MR) is 82.0 cm³/mol. The number of ketones is 1. The van der Waals surface area contributed by atoms with Gasteiger partial charge in [0.05, 0.1) is 0 Å². The summed E-state index contributed by atoms with van der Waals surface area (Å²) < 4.78 is 0. The molecule has 0 aliphatic carbocycles. The molecule has 0 aliphatic heterocycles. The number of carbonyl (C=O) groups excluding carboxylic acids is 1. The summed E-state index contributed by atoms with van der Waals surface area (Å²) >= 11 is 1.84. The number of thioether (sulfide) groups is 1. The van der Waals surface area contributed by atoms with Gasteiger partial charge in [-0.2, -0.15) is 11.8 Å². The first-order chi connectivity index (χ1) is 8.41. The second-order valence-electron chi connectivity index (χ2n) is 4.99. The van der Waals surface area contributed by atoms with Crippen molar-refractivity contribution in [1.82, 2.24) is 0 Å². The second kappa shape index (κ2) is 6.83. The average molecular weight is 265 g/mol. The number of benzene rings is 1. The molecule has 0 N–H and O–H groups in total. The van der Waals surface area contributed by atoms with Crippen molar-refractivity contribution < 1.29 is 4.79 Å². The van der Waals surface area contributed by atoms with Gasteiger partial charge in [0, 0.05) is 37.5 Å². The van der Waals surface area contributed by atoms with Crippen molar-refractivity contribution in [3.8, 4) is 0 Å². The lowest BCUT2D eigenvalue weighted by Gasteiger charge is -2.16. The lowest BCUT2D eigenvalue weighted by molar-refractivity contribution is 0.0989. The zero-order valence-corrected chi connectivity index (χ0v) is 12.8. The van der Waals surface area contributed by atoms with Gasteiger partial charge < -0.3 is 4.90 Å². The number of hydrogen-bond donors (Lipinski definition) is 0. The minimum Gasteiger partial charge on any atom is -0.377 e. The normalized spacial score (nSPS) is 10.8. The van der Waals surface area contributed by atoms with Crippen LogP contribution in [-0.2, 0) is 0 Å². The molecule has 1 rings (SSSR count). The van der Waals surface area contributed by atoms with Crippen LogP contribution in [0.3, 0.4) is 0 Å². The monoisotopic (exact) mass is 265 g/mol. The lowest BCUT2D eigenvalue weighted by atomic mass is 10.0. The molecule has 0 saturated heterocycles. The van der Waals surface area contributed by atoms with E-state index < -0.39 is 0 Å². The predicted octanol–water partition coefficient (Wildman–Crippen LogP) is 3.78. The molecule has 1 aromatic rings. The lowest BCUT2D eigenvalue weighted by Crippen LogP contribution is -2.11. The number of Topliss-reactive ketones (excluding diaryl/α,β-unsaturated/α-hetero) is 1. The van der Waals surface area contributed by atoms with Gasteiger partial charge in [0.1, 0.15) is 0 Å². The number of rotatable bonds is 6. The highest BCUT2D eigenvalue weighted by molar-refractivity contribution is 7.99. The summed E-state index contributed by atoms with van der Waals surface area (Å²) in [4.78, 5) is 14.1. The van der Waals surface area contributed by atoms with Crippen molar-refractivity contribution in [3.05, 3.63) is 29.3 Å². The summed E-state index contributed by atoms with van der Waals surface area (Å²) in [6.45, 7) is 6.37. The van der Waals surface area contributed by atoms with E-state index in [9.17, 15) is 4.79 Å². The van der Waals surface area contributed by atoms with Gasteiger partial charge in [-0.3, -0.25) is 4.79 Å². The van der Waals surface area contributed by atoms with Gasteiger partial charge in [0.2, 0.25) is 0 Å². The summed E-state index contributed by atoms with van der Waals surface area (Å²) in [5, 5.41) is 0.593. The molecule has 0 saturated carbocycles. The van der Waals surface area contributed by atoms with Crippen LogP contribution >= 0.6 is 11.8 Å². The molecular formula is C15H23NOS. The Balaban J connectivity index is 2.67. The molecule has 0 fully saturated rings. The summed E-state index contributed by atoms with van der Waals surface area (Å²) in [5.41, 5.74) is 3.16. The number of carbonyl (C=O) groups is 1. The highest BCUT2D eigenvalue weighted by Crippen LogP contribution is 2.20. The zero-order valence-electron chi connectivity index (χ0n) is 12.0. The fourth-order valence-electron chi connectivity index (χ4n) is 1.86. The van der Waals surface area contributed by atoms with E-state index >= 15 is 0 Å². The van der Waals surface area contributed by atoms with E-state index in [4.69, 9.17) is 0 Å². The third-order valence-corrected chi connectivity index (χ3v) is 3.89. The molecule has 0 bridgehead atoms. The Morgan fingerprint density at radius 3 is 2.50 bits per heavy atom. The van der Waals surface area contributed by atoms with Crippen molar-refractivity contribution in [2.24, 2.45) is 0 Å². The van der Waals surface area contributed by atoms with E-state index in [-0.39, 0.29) is 5.78 Å². The van der Waals surface area contributed by atoms with Crippen LogP contribution in [0.4, 0.5) is 5.69 Å². The molecule has 0 heterocycles. The molecule has 2 nitrogen and oxygen atoms in total. The van der Waals surface area contributed by atoms with Crippen LogP contribution in [-0.4, -0.2) is 30.9 Å². The number of nitrogens with zero attached hydrogens (tertiary/aromatic N) is 1. The Labute approximate surface area is 115 Å². The first-order valence-electron chi connectivity index (χ1n) is 6.34. The van der Waals surface area contributed by atoms with Crippen molar-refractivity contribution >= 4 is 23.2 Å². The topological polar surface area (TPSA) is 20.3 Å². The zero-order chi connectivity index (χ0) is 13.7. The van der Waals surface area contributed by atoms with Crippen LogP contribution in [0, 0.1) is 6.92 Å². The van der Waals surface area contributed by atoms with Gasteiger partial charge in [-0.05, 0) is 35.9 Å². The van der Waals surface area contributed by atoms with Gasteiger partial charge in [0.25, 0.3) is 0 Å². The average Bonchev–Trinajstić information content (AvgIpc) is 2.27. The highest BCUT2D eigenvalue weighted by atomic mass is 32.2. The van der Waals surface area contributed by atoms with Crippen LogP contribution in [0.5, 0.6) is 0 Å². The van der Waals surface area contributed by atoms with Crippen LogP contribution < -0.4 is 4.90 Å². The minimum atomic E-state index is 0.247. The molecule has 0 radical (unpaired) electrons. The maximum absolute atomic E-state index is 12.0. The third-order valence-electron chi connectivity index (χ3n) is 2.78. The smallest absolute Gasteiger partial charge is 0.163 e. The standard InChI is InChI=1S/C15H23NOS/c1-11(2)18-9-8-15(17)13-6-7-14(16(4)5)12(3)10-13/h6-7,10-11H,8-9H2,1-5H3. The fourth-order valence-corrected chi connectivity index (χ4v) is 2.64. The Bertz CT molecular complexity index is 413.